The summed E-state index contributed by atoms with van der Waals surface area (Å²) in [7, 11) is 3.16. The van der Waals surface area contributed by atoms with Gasteiger partial charge in [-0.2, -0.15) is 0 Å². The van der Waals surface area contributed by atoms with Gasteiger partial charge in [-0.1, -0.05) is 17.6 Å². The zero-order valence-electron chi connectivity index (χ0n) is 15.5. The Labute approximate surface area is 155 Å². The molecule has 0 aliphatic rings. The first kappa shape index (κ1) is 21.3. The van der Waals surface area contributed by atoms with Gasteiger partial charge in [-0.15, -0.1) is 6.42 Å². The fourth-order valence-electron chi connectivity index (χ4n) is 2.17. The predicted molar refractivity (Wildman–Crippen MR) is 103 cm³/mol. The van der Waals surface area contributed by atoms with Gasteiger partial charge >= 0.3 is 0 Å². The van der Waals surface area contributed by atoms with Crippen LogP contribution in [0.1, 0.15) is 19.8 Å². The molecule has 26 heavy (non-hydrogen) atoms. The van der Waals surface area contributed by atoms with E-state index in [1.807, 2.05) is 6.07 Å². The highest BCUT2D eigenvalue weighted by molar-refractivity contribution is 5.45. The van der Waals surface area contributed by atoms with Crippen molar-refractivity contribution < 1.29 is 18.6 Å². The maximum absolute atomic E-state index is 13.8. The topological polar surface area (TPSA) is 53.7 Å². The molecule has 2 N–H and O–H groups in total. The van der Waals surface area contributed by atoms with E-state index in [1.54, 1.807) is 39.4 Å². The molecule has 0 aliphatic carbocycles. The molecule has 0 saturated heterocycles. The molecule has 0 heterocycles. The lowest BCUT2D eigenvalue weighted by atomic mass is 10.1. The summed E-state index contributed by atoms with van der Waals surface area (Å²) in [6.07, 6.45) is 11.1. The van der Waals surface area contributed by atoms with Crippen LogP contribution in [-0.4, -0.2) is 27.4 Å². The average Bonchev–Trinajstić information content (AvgIpc) is 2.67. The van der Waals surface area contributed by atoms with Gasteiger partial charge in [0.15, 0.2) is 11.5 Å². The van der Waals surface area contributed by atoms with Crippen LogP contribution in [0.25, 0.3) is 0 Å². The van der Waals surface area contributed by atoms with Gasteiger partial charge in [0.05, 0.1) is 20.8 Å². The highest BCUT2D eigenvalue weighted by Gasteiger charge is 2.05. The molecule has 0 bridgehead atoms. The van der Waals surface area contributed by atoms with Crippen molar-refractivity contribution >= 4 is 0 Å². The summed E-state index contributed by atoms with van der Waals surface area (Å²) in [4.78, 5) is 0. The standard InChI is InChI=1S/C21H26FNO3/c1-5-7-16(2)19(22)11-9-17(15-23)8-6-13-26-18-10-12-20(24-3)21(14-18)25-4/h1,7,9-12,14H,6,8,13,15,23H2,2-4H3/b16-7-,17-9-,19-11+. The minimum atomic E-state index is -0.365. The average molecular weight is 359 g/mol. The summed E-state index contributed by atoms with van der Waals surface area (Å²) < 4.78 is 29.9. The zero-order chi connectivity index (χ0) is 19.4. The Balaban J connectivity index is 2.55. The van der Waals surface area contributed by atoms with Gasteiger partial charge in [0.2, 0.25) is 0 Å². The molecule has 1 rings (SSSR count). The van der Waals surface area contributed by atoms with Crippen molar-refractivity contribution in [2.24, 2.45) is 5.73 Å². The van der Waals surface area contributed by atoms with Crippen molar-refractivity contribution in [3.05, 3.63) is 53.4 Å². The Kier molecular flexibility index (Phi) is 9.66. The van der Waals surface area contributed by atoms with Crippen LogP contribution in [0.5, 0.6) is 17.2 Å². The van der Waals surface area contributed by atoms with Crippen LogP contribution in [0.3, 0.4) is 0 Å². The number of nitrogens with two attached hydrogens (primary N) is 1. The van der Waals surface area contributed by atoms with E-state index in [0.717, 1.165) is 12.0 Å². The number of methoxy groups -OCH3 is 2. The highest BCUT2D eigenvalue weighted by Crippen LogP contribution is 2.30. The fourth-order valence-corrected chi connectivity index (χ4v) is 2.17. The van der Waals surface area contributed by atoms with Crippen molar-refractivity contribution in [2.75, 3.05) is 27.4 Å². The van der Waals surface area contributed by atoms with Gasteiger partial charge in [-0.3, -0.25) is 0 Å². The largest absolute Gasteiger partial charge is 0.493 e. The van der Waals surface area contributed by atoms with Crippen molar-refractivity contribution in [2.45, 2.75) is 19.8 Å². The number of hydrogen-bond acceptors (Lipinski definition) is 4. The Bertz CT molecular complexity index is 714. The molecular formula is C21H26FNO3. The maximum Gasteiger partial charge on any atom is 0.164 e. The highest BCUT2D eigenvalue weighted by atomic mass is 19.1. The van der Waals surface area contributed by atoms with Crippen LogP contribution in [0.4, 0.5) is 4.39 Å². The molecule has 4 nitrogen and oxygen atoms in total. The third kappa shape index (κ3) is 7.04. The molecule has 140 valence electrons. The predicted octanol–water partition coefficient (Wildman–Crippen LogP) is 4.18. The van der Waals surface area contributed by atoms with Crippen LogP contribution in [0.15, 0.2) is 53.4 Å². The Morgan fingerprint density at radius 2 is 1.96 bits per heavy atom. The molecule has 0 aliphatic heterocycles. The first-order chi connectivity index (χ1) is 12.5. The second kappa shape index (κ2) is 11.8. The molecule has 0 unspecified atom stereocenters. The minimum Gasteiger partial charge on any atom is -0.493 e. The van der Waals surface area contributed by atoms with E-state index in [-0.39, 0.29) is 5.83 Å². The van der Waals surface area contributed by atoms with Crippen molar-refractivity contribution in [1.29, 1.82) is 0 Å². The summed E-state index contributed by atoms with van der Waals surface area (Å²) in [6, 6.07) is 5.38. The second-order valence-corrected chi connectivity index (χ2v) is 5.51. The van der Waals surface area contributed by atoms with Gasteiger partial charge < -0.3 is 19.9 Å². The minimum absolute atomic E-state index is 0.359. The smallest absolute Gasteiger partial charge is 0.164 e. The summed E-state index contributed by atoms with van der Waals surface area (Å²) in [6.45, 7) is 2.49. The van der Waals surface area contributed by atoms with Gasteiger partial charge in [-0.05, 0) is 49.6 Å². The molecule has 0 aromatic heterocycles. The molecule has 0 spiro atoms. The van der Waals surface area contributed by atoms with Gasteiger partial charge in [0.1, 0.15) is 11.6 Å². The van der Waals surface area contributed by atoms with E-state index in [4.69, 9.17) is 26.4 Å². The molecular weight excluding hydrogens is 333 g/mol. The number of benzene rings is 1. The van der Waals surface area contributed by atoms with Gasteiger partial charge in [0, 0.05) is 12.6 Å². The Morgan fingerprint density at radius 3 is 2.58 bits per heavy atom. The fraction of sp³-hybridized carbons (Fsp3) is 0.333. The normalized spacial score (nSPS) is 12.5. The number of allylic oxidation sites excluding steroid dienone is 5. The lowest BCUT2D eigenvalue weighted by Gasteiger charge is -2.11. The van der Waals surface area contributed by atoms with E-state index in [2.05, 4.69) is 5.92 Å². The molecule has 1 aromatic rings. The molecule has 0 fully saturated rings. The van der Waals surface area contributed by atoms with Crippen LogP contribution in [-0.2, 0) is 0 Å². The van der Waals surface area contributed by atoms with Crippen molar-refractivity contribution in [1.82, 2.24) is 0 Å². The third-order valence-corrected chi connectivity index (χ3v) is 3.67. The van der Waals surface area contributed by atoms with Crippen molar-refractivity contribution in [3.63, 3.8) is 0 Å². The maximum atomic E-state index is 13.8. The second-order valence-electron chi connectivity index (χ2n) is 5.51. The summed E-state index contributed by atoms with van der Waals surface area (Å²) in [5.74, 6) is 3.90. The van der Waals surface area contributed by atoms with E-state index in [0.29, 0.717) is 42.4 Å². The van der Waals surface area contributed by atoms with Crippen LogP contribution >= 0.6 is 0 Å². The third-order valence-electron chi connectivity index (χ3n) is 3.67. The number of rotatable bonds is 10. The Morgan fingerprint density at radius 1 is 1.23 bits per heavy atom. The number of halogens is 1. The van der Waals surface area contributed by atoms with Crippen molar-refractivity contribution in [3.8, 4) is 29.6 Å². The molecule has 5 heteroatoms. The monoisotopic (exact) mass is 359 g/mol. The van der Waals surface area contributed by atoms with Gasteiger partial charge in [-0.25, -0.2) is 4.39 Å². The first-order valence-corrected chi connectivity index (χ1v) is 8.29. The molecule has 0 radical (unpaired) electrons. The lowest BCUT2D eigenvalue weighted by Crippen LogP contribution is -2.05. The number of terminal acetylenes is 1. The summed E-state index contributed by atoms with van der Waals surface area (Å²) >= 11 is 0. The van der Waals surface area contributed by atoms with E-state index in [9.17, 15) is 4.39 Å². The Hall–Kier alpha value is -2.71. The molecule has 0 amide bonds. The van der Waals surface area contributed by atoms with Gasteiger partial charge in [0.25, 0.3) is 0 Å². The zero-order valence-corrected chi connectivity index (χ0v) is 15.5. The van der Waals surface area contributed by atoms with Crippen LogP contribution in [0.2, 0.25) is 0 Å². The number of ether oxygens (including phenoxy) is 3. The molecule has 0 saturated carbocycles. The lowest BCUT2D eigenvalue weighted by molar-refractivity contribution is 0.304. The van der Waals surface area contributed by atoms with Crippen LogP contribution < -0.4 is 19.9 Å². The SMILES string of the molecule is C#C\C=C(C)/C(F)=C\C=C(/CN)CCCOc1ccc(OC)c(OC)c1. The number of hydrogen-bond donors (Lipinski definition) is 1. The van der Waals surface area contributed by atoms with Crippen LogP contribution in [0, 0.1) is 12.3 Å². The summed E-state index contributed by atoms with van der Waals surface area (Å²) in [5.41, 5.74) is 7.07. The van der Waals surface area contributed by atoms with E-state index >= 15 is 0 Å². The quantitative estimate of drug-likeness (QED) is 0.387. The van der Waals surface area contributed by atoms with E-state index < -0.39 is 0 Å². The summed E-state index contributed by atoms with van der Waals surface area (Å²) in [5, 5.41) is 0. The molecule has 0 atom stereocenters. The first-order valence-electron chi connectivity index (χ1n) is 8.29. The van der Waals surface area contributed by atoms with E-state index in [1.165, 1.54) is 12.2 Å². The molecule has 1 aromatic carbocycles.